The van der Waals surface area contributed by atoms with E-state index in [1.54, 1.807) is 6.07 Å². The number of ether oxygens (including phenoxy) is 4. The maximum Gasteiger partial charge on any atom is 0.269 e. The molecule has 2 aromatic rings. The van der Waals surface area contributed by atoms with Gasteiger partial charge in [0.05, 0.1) is 19.1 Å². The van der Waals surface area contributed by atoms with Crippen molar-refractivity contribution in [2.75, 3.05) is 34.0 Å². The second-order valence-electron chi connectivity index (χ2n) is 6.56. The first kappa shape index (κ1) is 23.2. The predicted octanol–water partition coefficient (Wildman–Crippen LogP) is 0.605. The Morgan fingerprint density at radius 2 is 1.59 bits per heavy atom. The van der Waals surface area contributed by atoms with E-state index in [4.69, 9.17) is 18.9 Å². The van der Waals surface area contributed by atoms with E-state index < -0.39 is 21.8 Å². The number of rotatable bonds is 8. The maximum atomic E-state index is 12.4. The van der Waals surface area contributed by atoms with Crippen molar-refractivity contribution < 1.29 is 37.0 Å². The summed E-state index contributed by atoms with van der Waals surface area (Å²) in [5, 5.41) is 0. The van der Waals surface area contributed by atoms with Crippen molar-refractivity contribution >= 4 is 21.8 Å². The average Bonchev–Trinajstić information content (AvgIpc) is 2.81. The first-order valence-corrected chi connectivity index (χ1v) is 11.0. The molecule has 0 aliphatic carbocycles. The minimum Gasteiger partial charge on any atom is -0.497 e. The normalized spacial score (nSPS) is 12.6. The number of hydrazine groups is 1. The van der Waals surface area contributed by atoms with Crippen molar-refractivity contribution in [2.45, 2.75) is 11.3 Å². The standard InChI is InChI=1S/C20H23N3O8S/c1-28-14-9-13(10-15(11-14)29-2)20(25)23-22-19(24)5-6-21-32(26,27)16-3-4-17-18(12-16)31-8-7-30-17/h3-4,9-12,21H,5-8H2,1-2H3,(H,22,24)(H,23,25). The van der Waals surface area contributed by atoms with Gasteiger partial charge in [0, 0.05) is 30.7 Å². The highest BCUT2D eigenvalue weighted by Crippen LogP contribution is 2.32. The van der Waals surface area contributed by atoms with E-state index in [0.29, 0.717) is 36.2 Å². The summed E-state index contributed by atoms with van der Waals surface area (Å²) in [5.74, 6) is 0.460. The molecule has 3 N–H and O–H groups in total. The molecule has 1 aliphatic rings. The molecule has 0 fully saturated rings. The molecule has 11 nitrogen and oxygen atoms in total. The molecule has 0 unspecified atom stereocenters. The van der Waals surface area contributed by atoms with E-state index in [0.717, 1.165) is 0 Å². The molecular weight excluding hydrogens is 442 g/mol. The summed E-state index contributed by atoms with van der Waals surface area (Å²) < 4.78 is 48.2. The molecule has 0 aromatic heterocycles. The number of nitrogens with one attached hydrogen (secondary N) is 3. The molecule has 1 heterocycles. The lowest BCUT2D eigenvalue weighted by Crippen LogP contribution is -2.42. The van der Waals surface area contributed by atoms with Gasteiger partial charge < -0.3 is 18.9 Å². The monoisotopic (exact) mass is 465 g/mol. The Morgan fingerprint density at radius 3 is 2.25 bits per heavy atom. The highest BCUT2D eigenvalue weighted by Gasteiger charge is 2.19. The summed E-state index contributed by atoms with van der Waals surface area (Å²) >= 11 is 0. The SMILES string of the molecule is COc1cc(OC)cc(C(=O)NNC(=O)CCNS(=O)(=O)c2ccc3c(c2)OCCO3)c1. The van der Waals surface area contributed by atoms with Crippen molar-refractivity contribution in [3.8, 4) is 23.0 Å². The highest BCUT2D eigenvalue weighted by atomic mass is 32.2. The molecule has 0 radical (unpaired) electrons. The number of hydrogen-bond donors (Lipinski definition) is 3. The number of carbonyl (C=O) groups excluding carboxylic acids is 2. The molecule has 0 atom stereocenters. The number of fused-ring (bicyclic) bond motifs is 1. The Hall–Kier alpha value is -3.51. The van der Waals surface area contributed by atoms with Gasteiger partial charge in [-0.25, -0.2) is 13.1 Å². The van der Waals surface area contributed by atoms with E-state index in [9.17, 15) is 18.0 Å². The summed E-state index contributed by atoms with van der Waals surface area (Å²) in [5.41, 5.74) is 4.70. The molecule has 0 saturated heterocycles. The summed E-state index contributed by atoms with van der Waals surface area (Å²) in [6, 6.07) is 8.82. The molecule has 3 rings (SSSR count). The van der Waals surface area contributed by atoms with E-state index in [1.165, 1.54) is 44.6 Å². The third-order valence-corrected chi connectivity index (χ3v) is 5.86. The van der Waals surface area contributed by atoms with Crippen molar-refractivity contribution in [2.24, 2.45) is 0 Å². The predicted molar refractivity (Wildman–Crippen MR) is 112 cm³/mol. The van der Waals surface area contributed by atoms with Gasteiger partial charge in [0.1, 0.15) is 24.7 Å². The maximum absolute atomic E-state index is 12.4. The van der Waals surface area contributed by atoms with Crippen molar-refractivity contribution in [1.29, 1.82) is 0 Å². The largest absolute Gasteiger partial charge is 0.497 e. The Morgan fingerprint density at radius 1 is 0.938 bits per heavy atom. The Balaban J connectivity index is 1.49. The zero-order chi connectivity index (χ0) is 23.1. The summed E-state index contributed by atoms with van der Waals surface area (Å²) in [6.07, 6.45) is -0.203. The van der Waals surface area contributed by atoms with Gasteiger partial charge in [0.25, 0.3) is 5.91 Å². The Labute approximate surface area is 185 Å². The summed E-state index contributed by atoms with van der Waals surface area (Å²) in [6.45, 7) is 0.554. The van der Waals surface area contributed by atoms with Crippen LogP contribution in [0.1, 0.15) is 16.8 Å². The Kier molecular flexibility index (Phi) is 7.38. The molecule has 2 amide bonds. The van der Waals surface area contributed by atoms with Gasteiger partial charge in [0.15, 0.2) is 11.5 Å². The second-order valence-corrected chi connectivity index (χ2v) is 8.32. The average molecular weight is 465 g/mol. The molecule has 0 saturated carbocycles. The smallest absolute Gasteiger partial charge is 0.269 e. The number of carbonyl (C=O) groups is 2. The fraction of sp³-hybridized carbons (Fsp3) is 0.300. The van der Waals surface area contributed by atoms with Crippen LogP contribution in [0.3, 0.4) is 0 Å². The van der Waals surface area contributed by atoms with Crippen LogP contribution in [0.15, 0.2) is 41.3 Å². The Bertz CT molecular complexity index is 1080. The van der Waals surface area contributed by atoms with Gasteiger partial charge in [-0.05, 0) is 24.3 Å². The lowest BCUT2D eigenvalue weighted by Gasteiger charge is -2.18. The van der Waals surface area contributed by atoms with Gasteiger partial charge >= 0.3 is 0 Å². The third kappa shape index (κ3) is 5.80. The van der Waals surface area contributed by atoms with Gasteiger partial charge in [0.2, 0.25) is 15.9 Å². The number of amides is 2. The molecule has 2 aromatic carbocycles. The van der Waals surface area contributed by atoms with E-state index in [-0.39, 0.29) is 23.4 Å². The minimum absolute atomic E-state index is 0.0116. The fourth-order valence-corrected chi connectivity index (χ4v) is 3.82. The number of methoxy groups -OCH3 is 2. The van der Waals surface area contributed by atoms with Crippen molar-refractivity contribution in [3.63, 3.8) is 0 Å². The van der Waals surface area contributed by atoms with Crippen molar-refractivity contribution in [1.82, 2.24) is 15.6 Å². The summed E-state index contributed by atoms with van der Waals surface area (Å²) in [7, 11) is -0.962. The minimum atomic E-state index is -3.86. The van der Waals surface area contributed by atoms with Crippen molar-refractivity contribution in [3.05, 3.63) is 42.0 Å². The van der Waals surface area contributed by atoms with Gasteiger partial charge in [-0.2, -0.15) is 0 Å². The lowest BCUT2D eigenvalue weighted by atomic mass is 10.2. The van der Waals surface area contributed by atoms with Crippen LogP contribution in [0.4, 0.5) is 0 Å². The van der Waals surface area contributed by atoms with Crippen LogP contribution in [0.2, 0.25) is 0 Å². The first-order chi connectivity index (χ1) is 15.3. The molecule has 32 heavy (non-hydrogen) atoms. The van der Waals surface area contributed by atoms with Crippen LogP contribution in [0, 0.1) is 0 Å². The quantitative estimate of drug-likeness (QED) is 0.482. The highest BCUT2D eigenvalue weighted by molar-refractivity contribution is 7.89. The molecular formula is C20H23N3O8S. The number of hydrogen-bond acceptors (Lipinski definition) is 8. The second kappa shape index (κ2) is 10.2. The summed E-state index contributed by atoms with van der Waals surface area (Å²) in [4.78, 5) is 24.2. The third-order valence-electron chi connectivity index (χ3n) is 4.40. The van der Waals surface area contributed by atoms with E-state index >= 15 is 0 Å². The first-order valence-electron chi connectivity index (χ1n) is 9.54. The molecule has 0 bridgehead atoms. The fourth-order valence-electron chi connectivity index (χ4n) is 2.77. The molecule has 172 valence electrons. The lowest BCUT2D eigenvalue weighted by molar-refractivity contribution is -0.121. The van der Waals surface area contributed by atoms with Gasteiger partial charge in [-0.3, -0.25) is 20.4 Å². The topological polar surface area (TPSA) is 141 Å². The molecule has 1 aliphatic heterocycles. The zero-order valence-corrected chi connectivity index (χ0v) is 18.3. The van der Waals surface area contributed by atoms with E-state index in [1.807, 2.05) is 0 Å². The van der Waals surface area contributed by atoms with Crippen LogP contribution in [-0.4, -0.2) is 54.2 Å². The van der Waals surface area contributed by atoms with Crippen LogP contribution in [0.5, 0.6) is 23.0 Å². The van der Waals surface area contributed by atoms with Crippen LogP contribution < -0.4 is 34.5 Å². The molecule has 12 heteroatoms. The number of benzene rings is 2. The van der Waals surface area contributed by atoms with Crippen LogP contribution >= 0.6 is 0 Å². The van der Waals surface area contributed by atoms with Crippen LogP contribution in [-0.2, 0) is 14.8 Å². The zero-order valence-electron chi connectivity index (χ0n) is 17.5. The van der Waals surface area contributed by atoms with Crippen LogP contribution in [0.25, 0.3) is 0 Å². The molecule has 0 spiro atoms. The van der Waals surface area contributed by atoms with Gasteiger partial charge in [-0.1, -0.05) is 0 Å². The van der Waals surface area contributed by atoms with Gasteiger partial charge in [-0.15, -0.1) is 0 Å². The van der Waals surface area contributed by atoms with E-state index in [2.05, 4.69) is 15.6 Å². The number of sulfonamides is 1.